The molecule has 0 bridgehead atoms. The van der Waals surface area contributed by atoms with E-state index in [1.807, 2.05) is 30.4 Å². The van der Waals surface area contributed by atoms with Crippen LogP contribution in [0.3, 0.4) is 0 Å². The second kappa shape index (κ2) is 6.16. The summed E-state index contributed by atoms with van der Waals surface area (Å²) < 4.78 is 5.69. The summed E-state index contributed by atoms with van der Waals surface area (Å²) in [6, 6.07) is 14.0. The van der Waals surface area contributed by atoms with E-state index in [9.17, 15) is 0 Å². The van der Waals surface area contributed by atoms with E-state index in [2.05, 4.69) is 43.1 Å². The standard InChI is InChI=1S/C19H19NO2/c1-13(2)16-7-3-14(4-8-16)6-10-19-20-17-9-5-15(12-21)11-18(17)22-19/h3-11,13,21H,12H2,1-2H3/b10-6+. The van der Waals surface area contributed by atoms with Gasteiger partial charge in [0, 0.05) is 6.08 Å². The molecule has 1 heterocycles. The highest BCUT2D eigenvalue weighted by atomic mass is 16.3. The fourth-order valence-electron chi connectivity index (χ4n) is 2.32. The average molecular weight is 293 g/mol. The maximum absolute atomic E-state index is 9.14. The Balaban J connectivity index is 1.82. The Kier molecular flexibility index (Phi) is 4.07. The topological polar surface area (TPSA) is 46.3 Å². The molecule has 0 aliphatic rings. The lowest BCUT2D eigenvalue weighted by Gasteiger charge is -2.04. The normalized spacial score (nSPS) is 11.8. The van der Waals surface area contributed by atoms with E-state index in [1.165, 1.54) is 5.56 Å². The number of rotatable bonds is 4. The highest BCUT2D eigenvalue weighted by Gasteiger charge is 2.04. The summed E-state index contributed by atoms with van der Waals surface area (Å²) in [6.45, 7) is 4.37. The second-order valence-corrected chi connectivity index (χ2v) is 5.67. The van der Waals surface area contributed by atoms with Crippen molar-refractivity contribution in [2.45, 2.75) is 26.4 Å². The number of benzene rings is 2. The number of aliphatic hydroxyl groups is 1. The van der Waals surface area contributed by atoms with Crippen LogP contribution in [0.25, 0.3) is 23.3 Å². The maximum atomic E-state index is 9.14. The molecular formula is C19H19NO2. The van der Waals surface area contributed by atoms with Crippen LogP contribution >= 0.6 is 0 Å². The molecule has 1 N–H and O–H groups in total. The van der Waals surface area contributed by atoms with E-state index in [1.54, 1.807) is 0 Å². The van der Waals surface area contributed by atoms with Crippen molar-refractivity contribution in [3.8, 4) is 0 Å². The Bertz CT molecular complexity index is 798. The van der Waals surface area contributed by atoms with Gasteiger partial charge in [-0.2, -0.15) is 0 Å². The third-order valence-electron chi connectivity index (χ3n) is 3.67. The van der Waals surface area contributed by atoms with Crippen LogP contribution in [0, 0.1) is 0 Å². The second-order valence-electron chi connectivity index (χ2n) is 5.67. The number of aromatic nitrogens is 1. The van der Waals surface area contributed by atoms with Crippen molar-refractivity contribution in [2.24, 2.45) is 0 Å². The fourth-order valence-corrected chi connectivity index (χ4v) is 2.32. The van der Waals surface area contributed by atoms with Gasteiger partial charge in [-0.3, -0.25) is 0 Å². The minimum absolute atomic E-state index is 0.00398. The van der Waals surface area contributed by atoms with Gasteiger partial charge in [-0.1, -0.05) is 44.2 Å². The summed E-state index contributed by atoms with van der Waals surface area (Å²) in [6.07, 6.45) is 3.85. The van der Waals surface area contributed by atoms with Gasteiger partial charge in [-0.15, -0.1) is 0 Å². The molecule has 1 aromatic heterocycles. The largest absolute Gasteiger partial charge is 0.437 e. The van der Waals surface area contributed by atoms with Crippen molar-refractivity contribution in [1.82, 2.24) is 4.98 Å². The van der Waals surface area contributed by atoms with Crippen LogP contribution in [0.15, 0.2) is 46.9 Å². The summed E-state index contributed by atoms with van der Waals surface area (Å²) >= 11 is 0. The van der Waals surface area contributed by atoms with Crippen molar-refractivity contribution in [3.63, 3.8) is 0 Å². The molecule has 3 aromatic rings. The van der Waals surface area contributed by atoms with Crippen molar-refractivity contribution in [1.29, 1.82) is 0 Å². The third-order valence-corrected chi connectivity index (χ3v) is 3.67. The van der Waals surface area contributed by atoms with E-state index in [0.717, 1.165) is 16.6 Å². The van der Waals surface area contributed by atoms with Gasteiger partial charge in [0.05, 0.1) is 6.61 Å². The molecule has 0 saturated carbocycles. The number of nitrogens with zero attached hydrogens (tertiary/aromatic N) is 1. The lowest BCUT2D eigenvalue weighted by atomic mass is 10.0. The van der Waals surface area contributed by atoms with Gasteiger partial charge in [0.1, 0.15) is 5.52 Å². The van der Waals surface area contributed by atoms with E-state index in [4.69, 9.17) is 9.52 Å². The highest BCUT2D eigenvalue weighted by Crippen LogP contribution is 2.20. The van der Waals surface area contributed by atoms with Crippen molar-refractivity contribution < 1.29 is 9.52 Å². The third kappa shape index (κ3) is 3.10. The molecule has 0 aliphatic carbocycles. The fraction of sp³-hybridized carbons (Fsp3) is 0.211. The molecule has 3 heteroatoms. The van der Waals surface area contributed by atoms with Gasteiger partial charge in [-0.25, -0.2) is 4.98 Å². The zero-order valence-corrected chi connectivity index (χ0v) is 12.8. The number of oxazole rings is 1. The molecule has 0 spiro atoms. The van der Waals surface area contributed by atoms with Crippen LogP contribution in [0.1, 0.15) is 42.3 Å². The molecule has 22 heavy (non-hydrogen) atoms. The van der Waals surface area contributed by atoms with Crippen LogP contribution in [-0.2, 0) is 6.61 Å². The van der Waals surface area contributed by atoms with Crippen LogP contribution in [0.4, 0.5) is 0 Å². The summed E-state index contributed by atoms with van der Waals surface area (Å²) in [5.74, 6) is 1.11. The van der Waals surface area contributed by atoms with Crippen LogP contribution in [0.5, 0.6) is 0 Å². The molecule has 2 aromatic carbocycles. The Morgan fingerprint density at radius 2 is 1.86 bits per heavy atom. The highest BCUT2D eigenvalue weighted by molar-refractivity contribution is 5.76. The molecule has 0 aliphatic heterocycles. The molecule has 0 fully saturated rings. The van der Waals surface area contributed by atoms with Crippen molar-refractivity contribution in [2.75, 3.05) is 0 Å². The number of aliphatic hydroxyl groups excluding tert-OH is 1. The first-order valence-electron chi connectivity index (χ1n) is 7.44. The van der Waals surface area contributed by atoms with E-state index in [0.29, 0.717) is 17.4 Å². The smallest absolute Gasteiger partial charge is 0.220 e. The molecule has 0 radical (unpaired) electrons. The first-order chi connectivity index (χ1) is 10.7. The lowest BCUT2D eigenvalue weighted by Crippen LogP contribution is -1.85. The molecule has 0 amide bonds. The monoisotopic (exact) mass is 293 g/mol. The minimum atomic E-state index is 0.00398. The van der Waals surface area contributed by atoms with Gasteiger partial charge in [0.25, 0.3) is 0 Å². The van der Waals surface area contributed by atoms with Crippen molar-refractivity contribution >= 4 is 23.3 Å². The number of fused-ring (bicyclic) bond motifs is 1. The number of hydrogen-bond acceptors (Lipinski definition) is 3. The van der Waals surface area contributed by atoms with Gasteiger partial charge in [-0.05, 0) is 40.8 Å². The zero-order chi connectivity index (χ0) is 15.5. The van der Waals surface area contributed by atoms with Crippen molar-refractivity contribution in [3.05, 3.63) is 65.0 Å². The van der Waals surface area contributed by atoms with Crippen LogP contribution in [0.2, 0.25) is 0 Å². The van der Waals surface area contributed by atoms with E-state index >= 15 is 0 Å². The zero-order valence-electron chi connectivity index (χ0n) is 12.8. The van der Waals surface area contributed by atoms with Gasteiger partial charge >= 0.3 is 0 Å². The quantitative estimate of drug-likeness (QED) is 0.763. The summed E-state index contributed by atoms with van der Waals surface area (Å²) in [5, 5.41) is 9.14. The summed E-state index contributed by atoms with van der Waals surface area (Å²) in [7, 11) is 0. The molecule has 0 unspecified atom stereocenters. The lowest BCUT2D eigenvalue weighted by molar-refractivity contribution is 0.282. The first kappa shape index (κ1) is 14.5. The van der Waals surface area contributed by atoms with Crippen LogP contribution in [-0.4, -0.2) is 10.1 Å². The Morgan fingerprint density at radius 1 is 1.09 bits per heavy atom. The van der Waals surface area contributed by atoms with E-state index < -0.39 is 0 Å². The molecule has 3 nitrogen and oxygen atoms in total. The maximum Gasteiger partial charge on any atom is 0.220 e. The van der Waals surface area contributed by atoms with Gasteiger partial charge < -0.3 is 9.52 Å². The molecular weight excluding hydrogens is 274 g/mol. The SMILES string of the molecule is CC(C)c1ccc(/C=C/c2nc3ccc(CO)cc3o2)cc1. The first-order valence-corrected chi connectivity index (χ1v) is 7.44. The van der Waals surface area contributed by atoms with Gasteiger partial charge in [0.2, 0.25) is 5.89 Å². The Hall–Kier alpha value is -2.39. The summed E-state index contributed by atoms with van der Waals surface area (Å²) in [5.41, 5.74) is 4.76. The molecule has 112 valence electrons. The molecule has 3 rings (SSSR count). The minimum Gasteiger partial charge on any atom is -0.437 e. The predicted octanol–water partition coefficient (Wildman–Crippen LogP) is 4.61. The molecule has 0 saturated heterocycles. The Morgan fingerprint density at radius 3 is 2.55 bits per heavy atom. The predicted molar refractivity (Wildman–Crippen MR) is 89.4 cm³/mol. The average Bonchev–Trinajstić information content (AvgIpc) is 2.95. The molecule has 0 atom stereocenters. The number of hydrogen-bond donors (Lipinski definition) is 1. The van der Waals surface area contributed by atoms with Crippen LogP contribution < -0.4 is 0 Å². The van der Waals surface area contributed by atoms with E-state index in [-0.39, 0.29) is 6.61 Å². The van der Waals surface area contributed by atoms with Gasteiger partial charge in [0.15, 0.2) is 5.58 Å². The Labute approximate surface area is 129 Å². The summed E-state index contributed by atoms with van der Waals surface area (Å²) in [4.78, 5) is 4.41.